The fourth-order valence-corrected chi connectivity index (χ4v) is 3.81. The van der Waals surface area contributed by atoms with E-state index in [1.165, 1.54) is 7.11 Å². The van der Waals surface area contributed by atoms with Gasteiger partial charge in [0.15, 0.2) is 0 Å². The Balaban J connectivity index is 1.52. The highest BCUT2D eigenvalue weighted by atomic mass is 16.6. The zero-order chi connectivity index (χ0) is 24.0. The Morgan fingerprint density at radius 2 is 1.52 bits per heavy atom. The number of rotatable bonds is 7. The standard InChI is InChI=1S/C25H30N2O6/c1-25(2,3)33-24(30)27-21(22(28)31-4)13-14-26-23(29)32-15-20-18-11-7-5-9-16(18)17-10-6-8-12-19(17)20/h5-12,20-21H,13-15H2,1-4H3,(H,26,29)(H,27,30)/t21-/m1/s1. The van der Waals surface area contributed by atoms with Crippen molar-refractivity contribution in [2.45, 2.75) is 44.8 Å². The molecular formula is C25H30N2O6. The number of ether oxygens (including phenoxy) is 3. The molecule has 0 fully saturated rings. The van der Waals surface area contributed by atoms with Gasteiger partial charge in [-0.05, 0) is 49.4 Å². The molecule has 0 saturated heterocycles. The van der Waals surface area contributed by atoms with Gasteiger partial charge in [-0.1, -0.05) is 48.5 Å². The maximum atomic E-state index is 12.3. The lowest BCUT2D eigenvalue weighted by atomic mass is 9.98. The molecule has 0 heterocycles. The minimum Gasteiger partial charge on any atom is -0.467 e. The van der Waals surface area contributed by atoms with Crippen LogP contribution in [0.2, 0.25) is 0 Å². The highest BCUT2D eigenvalue weighted by Crippen LogP contribution is 2.44. The summed E-state index contributed by atoms with van der Waals surface area (Å²) in [7, 11) is 1.23. The quantitative estimate of drug-likeness (QED) is 0.485. The van der Waals surface area contributed by atoms with Crippen LogP contribution in [-0.2, 0) is 19.0 Å². The molecule has 1 aliphatic rings. The molecule has 0 aromatic heterocycles. The Kier molecular flexibility index (Phi) is 7.58. The first-order valence-electron chi connectivity index (χ1n) is 10.9. The molecule has 1 aliphatic carbocycles. The number of fused-ring (bicyclic) bond motifs is 3. The maximum absolute atomic E-state index is 12.3. The summed E-state index contributed by atoms with van der Waals surface area (Å²) in [5.74, 6) is -0.671. The van der Waals surface area contributed by atoms with Crippen LogP contribution in [0.5, 0.6) is 0 Å². The molecule has 8 nitrogen and oxygen atoms in total. The normalized spacial score (nSPS) is 13.3. The van der Waals surface area contributed by atoms with Gasteiger partial charge in [-0.25, -0.2) is 14.4 Å². The van der Waals surface area contributed by atoms with Crippen LogP contribution in [0.4, 0.5) is 9.59 Å². The highest BCUT2D eigenvalue weighted by molar-refractivity contribution is 5.81. The smallest absolute Gasteiger partial charge is 0.408 e. The van der Waals surface area contributed by atoms with Crippen molar-refractivity contribution in [3.8, 4) is 11.1 Å². The van der Waals surface area contributed by atoms with E-state index in [0.717, 1.165) is 22.3 Å². The van der Waals surface area contributed by atoms with Crippen molar-refractivity contribution in [3.05, 3.63) is 59.7 Å². The first kappa shape index (κ1) is 24.1. The Morgan fingerprint density at radius 3 is 2.06 bits per heavy atom. The Morgan fingerprint density at radius 1 is 0.939 bits per heavy atom. The predicted octanol–water partition coefficient (Wildman–Crippen LogP) is 3.98. The van der Waals surface area contributed by atoms with Gasteiger partial charge in [0.25, 0.3) is 0 Å². The van der Waals surface area contributed by atoms with Crippen molar-refractivity contribution in [1.29, 1.82) is 0 Å². The topological polar surface area (TPSA) is 103 Å². The lowest BCUT2D eigenvalue weighted by Gasteiger charge is -2.22. The van der Waals surface area contributed by atoms with Crippen molar-refractivity contribution in [1.82, 2.24) is 10.6 Å². The number of hydrogen-bond acceptors (Lipinski definition) is 6. The van der Waals surface area contributed by atoms with Gasteiger partial charge in [0.2, 0.25) is 0 Å². The van der Waals surface area contributed by atoms with E-state index in [1.807, 2.05) is 36.4 Å². The van der Waals surface area contributed by atoms with E-state index in [1.54, 1.807) is 20.8 Å². The zero-order valence-electron chi connectivity index (χ0n) is 19.3. The van der Waals surface area contributed by atoms with Gasteiger partial charge in [0.1, 0.15) is 18.2 Å². The Bertz CT molecular complexity index is 968. The van der Waals surface area contributed by atoms with E-state index in [-0.39, 0.29) is 25.5 Å². The predicted molar refractivity (Wildman–Crippen MR) is 123 cm³/mol. The molecule has 3 rings (SSSR count). The number of hydrogen-bond donors (Lipinski definition) is 2. The van der Waals surface area contributed by atoms with Crippen LogP contribution in [0.1, 0.15) is 44.2 Å². The number of esters is 1. The van der Waals surface area contributed by atoms with E-state index >= 15 is 0 Å². The summed E-state index contributed by atoms with van der Waals surface area (Å²) in [4.78, 5) is 36.3. The summed E-state index contributed by atoms with van der Waals surface area (Å²) in [5.41, 5.74) is 3.84. The van der Waals surface area contributed by atoms with E-state index in [4.69, 9.17) is 14.2 Å². The van der Waals surface area contributed by atoms with Crippen molar-refractivity contribution in [3.63, 3.8) is 0 Å². The summed E-state index contributed by atoms with van der Waals surface area (Å²) in [6.07, 6.45) is -1.22. The molecule has 33 heavy (non-hydrogen) atoms. The average Bonchev–Trinajstić information content (AvgIpc) is 3.09. The number of alkyl carbamates (subject to hydrolysis) is 2. The SMILES string of the molecule is COC(=O)[C@@H](CCNC(=O)OCC1c2ccccc2-c2ccccc21)NC(=O)OC(C)(C)C. The van der Waals surface area contributed by atoms with Crippen LogP contribution in [-0.4, -0.2) is 50.1 Å². The number of carbonyl (C=O) groups is 3. The molecule has 2 aromatic rings. The van der Waals surface area contributed by atoms with Gasteiger partial charge < -0.3 is 24.8 Å². The Labute approximate surface area is 193 Å². The molecule has 0 saturated carbocycles. The van der Waals surface area contributed by atoms with Gasteiger partial charge in [-0.3, -0.25) is 0 Å². The second-order valence-electron chi connectivity index (χ2n) is 8.76. The molecule has 176 valence electrons. The van der Waals surface area contributed by atoms with Crippen LogP contribution in [0.25, 0.3) is 11.1 Å². The molecular weight excluding hydrogens is 424 g/mol. The third-order valence-corrected chi connectivity index (χ3v) is 5.22. The molecule has 8 heteroatoms. The molecule has 1 atom stereocenters. The van der Waals surface area contributed by atoms with E-state index in [9.17, 15) is 14.4 Å². The molecule has 0 radical (unpaired) electrons. The summed E-state index contributed by atoms with van der Waals surface area (Å²) < 4.78 is 15.4. The lowest BCUT2D eigenvalue weighted by Crippen LogP contribution is -2.45. The van der Waals surface area contributed by atoms with Crippen LogP contribution in [0.3, 0.4) is 0 Å². The van der Waals surface area contributed by atoms with Crippen molar-refractivity contribution >= 4 is 18.2 Å². The van der Waals surface area contributed by atoms with E-state index < -0.39 is 29.8 Å². The Hall–Kier alpha value is -3.55. The van der Waals surface area contributed by atoms with Crippen molar-refractivity contribution in [2.24, 2.45) is 0 Å². The molecule has 0 aliphatic heterocycles. The number of amides is 2. The zero-order valence-corrected chi connectivity index (χ0v) is 19.3. The lowest BCUT2D eigenvalue weighted by molar-refractivity contribution is -0.143. The monoisotopic (exact) mass is 454 g/mol. The number of methoxy groups -OCH3 is 1. The van der Waals surface area contributed by atoms with E-state index in [2.05, 4.69) is 22.8 Å². The molecule has 2 amide bonds. The largest absolute Gasteiger partial charge is 0.467 e. The second-order valence-corrected chi connectivity index (χ2v) is 8.76. The summed E-state index contributed by atoms with van der Waals surface area (Å²) in [6, 6.07) is 15.2. The fourth-order valence-electron chi connectivity index (χ4n) is 3.81. The van der Waals surface area contributed by atoms with Crippen LogP contribution < -0.4 is 10.6 Å². The first-order chi connectivity index (χ1) is 15.7. The van der Waals surface area contributed by atoms with Gasteiger partial charge in [0.05, 0.1) is 7.11 Å². The van der Waals surface area contributed by atoms with Crippen molar-refractivity contribution in [2.75, 3.05) is 20.3 Å². The maximum Gasteiger partial charge on any atom is 0.408 e. The van der Waals surface area contributed by atoms with Crippen molar-refractivity contribution < 1.29 is 28.6 Å². The third kappa shape index (κ3) is 6.25. The second kappa shape index (κ2) is 10.4. The minimum absolute atomic E-state index is 0.0418. The van der Waals surface area contributed by atoms with Gasteiger partial charge >= 0.3 is 18.2 Å². The van der Waals surface area contributed by atoms with Crippen LogP contribution in [0.15, 0.2) is 48.5 Å². The molecule has 0 unspecified atom stereocenters. The third-order valence-electron chi connectivity index (χ3n) is 5.22. The van der Waals surface area contributed by atoms with Gasteiger partial charge in [-0.15, -0.1) is 0 Å². The highest BCUT2D eigenvalue weighted by Gasteiger charge is 2.29. The fraction of sp³-hybridized carbons (Fsp3) is 0.400. The molecule has 2 aromatic carbocycles. The van der Waals surface area contributed by atoms with Gasteiger partial charge in [-0.2, -0.15) is 0 Å². The molecule has 0 spiro atoms. The average molecular weight is 455 g/mol. The summed E-state index contributed by atoms with van der Waals surface area (Å²) >= 11 is 0. The van der Waals surface area contributed by atoms with Crippen LogP contribution >= 0.6 is 0 Å². The van der Waals surface area contributed by atoms with Gasteiger partial charge in [0, 0.05) is 12.5 Å². The number of carbonyl (C=O) groups excluding carboxylic acids is 3. The van der Waals surface area contributed by atoms with Crippen LogP contribution in [0, 0.1) is 0 Å². The molecule has 2 N–H and O–H groups in total. The summed E-state index contributed by atoms with van der Waals surface area (Å²) in [6.45, 7) is 5.46. The number of nitrogens with one attached hydrogen (secondary N) is 2. The minimum atomic E-state index is -0.960. The first-order valence-corrected chi connectivity index (χ1v) is 10.9. The summed E-state index contributed by atoms with van der Waals surface area (Å²) in [5, 5.41) is 5.09. The van der Waals surface area contributed by atoms with E-state index in [0.29, 0.717) is 0 Å². The molecule has 0 bridgehead atoms. The number of benzene rings is 2.